The summed E-state index contributed by atoms with van der Waals surface area (Å²) in [5.74, 6) is 0. The number of nitrogens with zero attached hydrogens (tertiary/aromatic N) is 2. The first-order valence-corrected chi connectivity index (χ1v) is 8.78. The van der Waals surface area contributed by atoms with Gasteiger partial charge in [-0.25, -0.2) is 8.42 Å². The Bertz CT molecular complexity index is 936. The van der Waals surface area contributed by atoms with Gasteiger partial charge in [0, 0.05) is 6.07 Å². The molecule has 2 aromatic rings. The molecule has 0 aliphatic rings. The van der Waals surface area contributed by atoms with Crippen molar-refractivity contribution in [2.45, 2.75) is 11.8 Å². The van der Waals surface area contributed by atoms with Crippen LogP contribution < -0.4 is 4.72 Å². The molecule has 0 fully saturated rings. The van der Waals surface area contributed by atoms with Gasteiger partial charge in [-0.1, -0.05) is 6.07 Å². The molecule has 0 aliphatic heterocycles. The molecule has 118 valence electrons. The molecule has 0 aliphatic carbocycles. The van der Waals surface area contributed by atoms with Gasteiger partial charge in [0.05, 0.1) is 30.7 Å². The molecule has 0 saturated heterocycles. The van der Waals surface area contributed by atoms with E-state index in [-0.39, 0.29) is 21.8 Å². The Balaban J connectivity index is 2.41. The topological polar surface area (TPSA) is 113 Å². The van der Waals surface area contributed by atoms with E-state index in [4.69, 9.17) is 5.26 Å². The lowest BCUT2D eigenvalue weighted by molar-refractivity contribution is -0.385. The zero-order chi connectivity index (χ0) is 17.2. The maximum absolute atomic E-state index is 12.5. The van der Waals surface area contributed by atoms with E-state index in [0.717, 1.165) is 0 Å². The minimum absolute atomic E-state index is 0.00934. The molecule has 0 spiro atoms. The fraction of sp³-hybridized carbons (Fsp3) is 0.0714. The van der Waals surface area contributed by atoms with E-state index in [2.05, 4.69) is 4.72 Å². The number of nitriles is 1. The second-order valence-corrected chi connectivity index (χ2v) is 7.43. The molecule has 0 aromatic heterocycles. The van der Waals surface area contributed by atoms with Crippen LogP contribution in [0.4, 0.5) is 11.4 Å². The lowest BCUT2D eigenvalue weighted by Crippen LogP contribution is -2.14. The van der Waals surface area contributed by atoms with Crippen LogP contribution in [0.5, 0.6) is 0 Å². The number of aryl methyl sites for hydroxylation is 1. The van der Waals surface area contributed by atoms with E-state index >= 15 is 0 Å². The predicted molar refractivity (Wildman–Crippen MR) is 92.5 cm³/mol. The summed E-state index contributed by atoms with van der Waals surface area (Å²) in [4.78, 5) is 10.2. The van der Waals surface area contributed by atoms with E-state index < -0.39 is 14.9 Å². The Labute approximate surface area is 146 Å². The molecule has 7 nitrogen and oxygen atoms in total. The van der Waals surface area contributed by atoms with Crippen molar-refractivity contribution in [3.63, 3.8) is 0 Å². The lowest BCUT2D eigenvalue weighted by Gasteiger charge is -2.11. The number of nitrogens with one attached hydrogen (secondary N) is 1. The van der Waals surface area contributed by atoms with Crippen LogP contribution in [0.15, 0.2) is 41.3 Å². The molecule has 9 heteroatoms. The summed E-state index contributed by atoms with van der Waals surface area (Å²) in [5.41, 5.74) is 0.834. The standard InChI is InChI=1S/C14H10IN3O4S/c1-9-2-3-10(8-16)6-14(9)23(21,22)17-11-4-5-13(18(19)20)12(15)7-11/h2-7,17H,1H3. The third-order valence-electron chi connectivity index (χ3n) is 3.00. The number of nitro groups is 1. The molecule has 2 aromatic carbocycles. The predicted octanol–water partition coefficient (Wildman–Crippen LogP) is 3.18. The zero-order valence-corrected chi connectivity index (χ0v) is 14.8. The van der Waals surface area contributed by atoms with Gasteiger partial charge in [-0.2, -0.15) is 5.26 Å². The van der Waals surface area contributed by atoms with Gasteiger partial charge in [-0.05, 0) is 59.3 Å². The van der Waals surface area contributed by atoms with Gasteiger partial charge in [-0.3, -0.25) is 14.8 Å². The number of anilines is 1. The van der Waals surface area contributed by atoms with Crippen LogP contribution in [-0.2, 0) is 10.0 Å². The van der Waals surface area contributed by atoms with E-state index in [1.54, 1.807) is 35.6 Å². The fourth-order valence-corrected chi connectivity index (χ4v) is 3.92. The van der Waals surface area contributed by atoms with Gasteiger partial charge in [0.1, 0.15) is 0 Å². The van der Waals surface area contributed by atoms with E-state index in [0.29, 0.717) is 9.13 Å². The lowest BCUT2D eigenvalue weighted by atomic mass is 10.2. The van der Waals surface area contributed by atoms with Crippen LogP contribution >= 0.6 is 22.6 Å². The summed E-state index contributed by atoms with van der Waals surface area (Å²) in [5, 5.41) is 19.7. The van der Waals surface area contributed by atoms with Crippen molar-refractivity contribution >= 4 is 44.0 Å². The highest BCUT2D eigenvalue weighted by atomic mass is 127. The minimum Gasteiger partial charge on any atom is -0.280 e. The summed E-state index contributed by atoms with van der Waals surface area (Å²) in [6.07, 6.45) is 0. The van der Waals surface area contributed by atoms with Crippen molar-refractivity contribution in [2.24, 2.45) is 0 Å². The van der Waals surface area contributed by atoms with Gasteiger partial charge in [0.25, 0.3) is 15.7 Å². The Kier molecular flexibility index (Phi) is 4.86. The van der Waals surface area contributed by atoms with Crippen molar-refractivity contribution in [3.8, 4) is 6.07 Å². The molecule has 2 rings (SSSR count). The largest absolute Gasteiger partial charge is 0.282 e. The quantitative estimate of drug-likeness (QED) is 0.443. The first-order valence-electron chi connectivity index (χ1n) is 6.22. The van der Waals surface area contributed by atoms with Crippen molar-refractivity contribution in [1.29, 1.82) is 5.26 Å². The van der Waals surface area contributed by atoms with E-state index in [1.165, 1.54) is 30.3 Å². The number of hydrogen-bond donors (Lipinski definition) is 1. The van der Waals surface area contributed by atoms with Crippen LogP contribution in [-0.4, -0.2) is 13.3 Å². The molecule has 0 amide bonds. The molecule has 0 unspecified atom stereocenters. The van der Waals surface area contributed by atoms with Gasteiger partial charge in [0.15, 0.2) is 0 Å². The summed E-state index contributed by atoms with van der Waals surface area (Å²) in [6.45, 7) is 1.62. The van der Waals surface area contributed by atoms with Crippen molar-refractivity contribution in [3.05, 3.63) is 61.2 Å². The van der Waals surface area contributed by atoms with Gasteiger partial charge in [-0.15, -0.1) is 0 Å². The second kappa shape index (κ2) is 6.51. The van der Waals surface area contributed by atoms with Gasteiger partial charge in [0.2, 0.25) is 0 Å². The normalized spacial score (nSPS) is 10.8. The Morgan fingerprint density at radius 2 is 1.96 bits per heavy atom. The fourth-order valence-electron chi connectivity index (χ4n) is 1.89. The average molecular weight is 443 g/mol. The summed E-state index contributed by atoms with van der Waals surface area (Å²) >= 11 is 1.77. The molecule has 1 N–H and O–H groups in total. The molecule has 0 saturated carbocycles. The molecule has 0 bridgehead atoms. The Morgan fingerprint density at radius 1 is 1.26 bits per heavy atom. The molecular formula is C14H10IN3O4S. The Hall–Kier alpha value is -2.19. The summed E-state index contributed by atoms with van der Waals surface area (Å²) < 4.78 is 27.6. The smallest absolute Gasteiger partial charge is 0.280 e. The van der Waals surface area contributed by atoms with E-state index in [9.17, 15) is 18.5 Å². The van der Waals surface area contributed by atoms with Gasteiger partial charge >= 0.3 is 0 Å². The van der Waals surface area contributed by atoms with Gasteiger partial charge < -0.3 is 0 Å². The zero-order valence-electron chi connectivity index (χ0n) is 11.8. The number of rotatable bonds is 4. The first kappa shape index (κ1) is 17.2. The summed E-state index contributed by atoms with van der Waals surface area (Å²) in [6, 6.07) is 10.2. The number of halogens is 1. The SMILES string of the molecule is Cc1ccc(C#N)cc1S(=O)(=O)Nc1ccc([N+](=O)[O-])c(I)c1. The van der Waals surface area contributed by atoms with E-state index in [1.807, 2.05) is 6.07 Å². The number of sulfonamides is 1. The summed E-state index contributed by atoms with van der Waals surface area (Å²) in [7, 11) is -3.90. The molecular weight excluding hydrogens is 433 g/mol. The number of nitro benzene ring substituents is 1. The maximum atomic E-state index is 12.5. The molecule has 0 atom stereocenters. The highest BCUT2D eigenvalue weighted by Gasteiger charge is 2.19. The van der Waals surface area contributed by atoms with Crippen molar-refractivity contribution in [2.75, 3.05) is 4.72 Å². The number of benzene rings is 2. The third kappa shape index (κ3) is 3.77. The second-order valence-electron chi connectivity index (χ2n) is 4.62. The van der Waals surface area contributed by atoms with Crippen LogP contribution in [0.25, 0.3) is 0 Å². The van der Waals surface area contributed by atoms with Crippen molar-refractivity contribution in [1.82, 2.24) is 0 Å². The third-order valence-corrected chi connectivity index (χ3v) is 5.39. The minimum atomic E-state index is -3.90. The van der Waals surface area contributed by atoms with Crippen LogP contribution in [0.1, 0.15) is 11.1 Å². The monoisotopic (exact) mass is 443 g/mol. The molecule has 0 radical (unpaired) electrons. The first-order chi connectivity index (χ1) is 10.7. The molecule has 23 heavy (non-hydrogen) atoms. The van der Waals surface area contributed by atoms with Crippen molar-refractivity contribution < 1.29 is 13.3 Å². The average Bonchev–Trinajstić information content (AvgIpc) is 2.46. The Morgan fingerprint density at radius 3 is 2.52 bits per heavy atom. The van der Waals surface area contributed by atoms with Crippen LogP contribution in [0.2, 0.25) is 0 Å². The van der Waals surface area contributed by atoms with Crippen LogP contribution in [0.3, 0.4) is 0 Å². The highest BCUT2D eigenvalue weighted by molar-refractivity contribution is 14.1. The van der Waals surface area contributed by atoms with Crippen LogP contribution in [0, 0.1) is 31.9 Å². The molecule has 0 heterocycles. The maximum Gasteiger partial charge on any atom is 0.282 e. The highest BCUT2D eigenvalue weighted by Crippen LogP contribution is 2.26. The number of hydrogen-bond acceptors (Lipinski definition) is 5.